The highest BCUT2D eigenvalue weighted by Gasteiger charge is 2.28. The fraction of sp³-hybridized carbons (Fsp3) is 0.286. The van der Waals surface area contributed by atoms with Gasteiger partial charge in [0.2, 0.25) is 0 Å². The van der Waals surface area contributed by atoms with Crippen molar-refractivity contribution >= 4 is 32.4 Å². The van der Waals surface area contributed by atoms with E-state index in [0.29, 0.717) is 5.92 Å². The van der Waals surface area contributed by atoms with E-state index in [1.54, 1.807) is 17.5 Å². The average molecular weight is 285 g/mol. The zero-order valence-corrected chi connectivity index (χ0v) is 11.7. The second-order valence-corrected chi connectivity index (χ2v) is 6.14. The molecule has 0 aliphatic carbocycles. The van der Waals surface area contributed by atoms with Crippen molar-refractivity contribution in [1.82, 2.24) is 15.2 Å². The lowest BCUT2D eigenvalue weighted by atomic mass is 10.0. The van der Waals surface area contributed by atoms with Crippen LogP contribution in [0.1, 0.15) is 18.0 Å². The van der Waals surface area contributed by atoms with E-state index in [1.165, 1.54) is 4.70 Å². The van der Waals surface area contributed by atoms with E-state index in [2.05, 4.69) is 33.3 Å². The average Bonchev–Trinajstić information content (AvgIpc) is 3.15. The predicted molar refractivity (Wildman–Crippen MR) is 82.2 cm³/mol. The van der Waals surface area contributed by atoms with Crippen LogP contribution in [0.5, 0.6) is 0 Å². The summed E-state index contributed by atoms with van der Waals surface area (Å²) in [6.07, 6.45) is 2.78. The molecule has 1 atom stereocenters. The molecule has 0 saturated carbocycles. The van der Waals surface area contributed by atoms with Crippen LogP contribution in [0.4, 0.5) is 10.8 Å². The molecule has 0 bridgehead atoms. The summed E-state index contributed by atoms with van der Waals surface area (Å²) in [7, 11) is 0. The van der Waals surface area contributed by atoms with Crippen LogP contribution in [-0.4, -0.2) is 28.3 Å². The van der Waals surface area contributed by atoms with Gasteiger partial charge in [0.1, 0.15) is 0 Å². The molecule has 20 heavy (non-hydrogen) atoms. The molecular formula is C14H15N5S. The van der Waals surface area contributed by atoms with Gasteiger partial charge in [-0.1, -0.05) is 23.5 Å². The molecule has 0 radical (unpaired) electrons. The molecule has 102 valence electrons. The van der Waals surface area contributed by atoms with Crippen LogP contribution in [0.25, 0.3) is 10.2 Å². The monoisotopic (exact) mass is 285 g/mol. The molecule has 1 saturated heterocycles. The summed E-state index contributed by atoms with van der Waals surface area (Å²) in [5.41, 5.74) is 8.85. The maximum Gasteiger partial charge on any atom is 0.186 e. The van der Waals surface area contributed by atoms with Crippen LogP contribution in [0.3, 0.4) is 0 Å². The first-order valence-electron chi connectivity index (χ1n) is 6.70. The third kappa shape index (κ3) is 1.84. The minimum absolute atomic E-state index is 0.421. The van der Waals surface area contributed by atoms with Crippen LogP contribution in [-0.2, 0) is 0 Å². The van der Waals surface area contributed by atoms with Gasteiger partial charge in [-0.3, -0.25) is 5.10 Å². The van der Waals surface area contributed by atoms with Gasteiger partial charge in [0.25, 0.3) is 0 Å². The zero-order valence-electron chi connectivity index (χ0n) is 10.9. The van der Waals surface area contributed by atoms with Gasteiger partial charge in [0, 0.05) is 19.0 Å². The number of anilines is 2. The number of nitrogens with zero attached hydrogens (tertiary/aromatic N) is 3. The Morgan fingerprint density at radius 3 is 3.05 bits per heavy atom. The quantitative estimate of drug-likeness (QED) is 0.759. The zero-order chi connectivity index (χ0) is 13.5. The highest BCUT2D eigenvalue weighted by atomic mass is 32.1. The SMILES string of the molecule is Nc1cn[nH]c1C1CCN(c2nc3ccccc3s2)C1. The van der Waals surface area contributed by atoms with Crippen molar-refractivity contribution in [2.24, 2.45) is 0 Å². The second kappa shape index (κ2) is 4.49. The largest absolute Gasteiger partial charge is 0.396 e. The van der Waals surface area contributed by atoms with Gasteiger partial charge in [0.05, 0.1) is 27.8 Å². The molecule has 1 aliphatic rings. The van der Waals surface area contributed by atoms with E-state index < -0.39 is 0 Å². The molecule has 1 aromatic carbocycles. The van der Waals surface area contributed by atoms with Crippen LogP contribution in [0.2, 0.25) is 0 Å². The fourth-order valence-corrected chi connectivity index (χ4v) is 3.80. The number of thiazole rings is 1. The molecule has 1 unspecified atom stereocenters. The Kier molecular flexibility index (Phi) is 2.63. The van der Waals surface area contributed by atoms with E-state index in [-0.39, 0.29) is 0 Å². The highest BCUT2D eigenvalue weighted by molar-refractivity contribution is 7.22. The first-order chi connectivity index (χ1) is 9.81. The van der Waals surface area contributed by atoms with Gasteiger partial charge >= 0.3 is 0 Å². The Balaban J connectivity index is 1.60. The first-order valence-corrected chi connectivity index (χ1v) is 7.52. The van der Waals surface area contributed by atoms with Gasteiger partial charge in [-0.2, -0.15) is 5.10 Å². The van der Waals surface area contributed by atoms with Crippen molar-refractivity contribution in [3.63, 3.8) is 0 Å². The molecule has 6 heteroatoms. The van der Waals surface area contributed by atoms with Gasteiger partial charge < -0.3 is 10.6 Å². The molecule has 0 spiro atoms. The molecule has 3 N–H and O–H groups in total. The molecule has 3 aromatic rings. The second-order valence-electron chi connectivity index (χ2n) is 5.13. The number of aromatic amines is 1. The summed E-state index contributed by atoms with van der Waals surface area (Å²) in [6.45, 7) is 1.97. The van der Waals surface area contributed by atoms with Crippen LogP contribution in [0, 0.1) is 0 Å². The van der Waals surface area contributed by atoms with Gasteiger partial charge in [-0.05, 0) is 18.6 Å². The molecule has 5 nitrogen and oxygen atoms in total. The molecule has 2 aromatic heterocycles. The Labute approximate surface area is 120 Å². The smallest absolute Gasteiger partial charge is 0.186 e. The predicted octanol–water partition coefficient (Wildman–Crippen LogP) is 2.60. The van der Waals surface area contributed by atoms with Crippen LogP contribution in [0.15, 0.2) is 30.5 Å². The number of fused-ring (bicyclic) bond motifs is 1. The summed E-state index contributed by atoms with van der Waals surface area (Å²) in [4.78, 5) is 7.06. The Bertz CT molecular complexity index is 714. The number of benzene rings is 1. The summed E-state index contributed by atoms with van der Waals surface area (Å²) in [6, 6.07) is 8.28. The standard InChI is InChI=1S/C14H15N5S/c15-10-7-16-18-13(10)9-5-6-19(8-9)14-17-11-3-1-2-4-12(11)20-14/h1-4,7,9H,5-6,8,15H2,(H,16,18). The Morgan fingerprint density at radius 1 is 1.35 bits per heavy atom. The minimum atomic E-state index is 0.421. The van der Waals surface area contributed by atoms with Crippen molar-refractivity contribution in [2.75, 3.05) is 23.7 Å². The van der Waals surface area contributed by atoms with E-state index in [9.17, 15) is 0 Å². The topological polar surface area (TPSA) is 70.8 Å². The van der Waals surface area contributed by atoms with Crippen molar-refractivity contribution in [2.45, 2.75) is 12.3 Å². The van der Waals surface area contributed by atoms with E-state index >= 15 is 0 Å². The lowest BCUT2D eigenvalue weighted by Gasteiger charge is -2.14. The van der Waals surface area contributed by atoms with Gasteiger partial charge in [-0.25, -0.2) is 4.98 Å². The molecular weight excluding hydrogens is 270 g/mol. The summed E-state index contributed by atoms with van der Waals surface area (Å²) in [5, 5.41) is 8.15. The Morgan fingerprint density at radius 2 is 2.25 bits per heavy atom. The lowest BCUT2D eigenvalue weighted by Crippen LogP contribution is -2.19. The maximum absolute atomic E-state index is 5.94. The number of para-hydroxylation sites is 1. The van der Waals surface area contributed by atoms with Crippen molar-refractivity contribution in [1.29, 1.82) is 0 Å². The summed E-state index contributed by atoms with van der Waals surface area (Å²) >= 11 is 1.76. The van der Waals surface area contributed by atoms with Crippen molar-refractivity contribution < 1.29 is 0 Å². The summed E-state index contributed by atoms with van der Waals surface area (Å²) in [5.74, 6) is 0.421. The van der Waals surface area contributed by atoms with Crippen LogP contribution >= 0.6 is 11.3 Å². The number of hydrogen-bond donors (Lipinski definition) is 2. The van der Waals surface area contributed by atoms with Crippen molar-refractivity contribution in [3.05, 3.63) is 36.2 Å². The normalized spacial score (nSPS) is 19.0. The van der Waals surface area contributed by atoms with Crippen molar-refractivity contribution in [3.8, 4) is 0 Å². The van der Waals surface area contributed by atoms with E-state index in [1.807, 2.05) is 6.07 Å². The molecule has 4 rings (SSSR count). The number of rotatable bonds is 2. The number of aromatic nitrogens is 3. The fourth-order valence-electron chi connectivity index (χ4n) is 2.80. The van der Waals surface area contributed by atoms with E-state index in [0.717, 1.165) is 41.5 Å². The van der Waals surface area contributed by atoms with Crippen LogP contribution < -0.4 is 10.6 Å². The minimum Gasteiger partial charge on any atom is -0.396 e. The van der Waals surface area contributed by atoms with Gasteiger partial charge in [-0.15, -0.1) is 0 Å². The summed E-state index contributed by atoms with van der Waals surface area (Å²) < 4.78 is 1.24. The van der Waals surface area contributed by atoms with Gasteiger partial charge in [0.15, 0.2) is 5.13 Å². The highest BCUT2D eigenvalue weighted by Crippen LogP contribution is 2.35. The number of nitrogens with two attached hydrogens (primary N) is 1. The maximum atomic E-state index is 5.94. The number of hydrogen-bond acceptors (Lipinski definition) is 5. The number of nitrogen functional groups attached to an aromatic ring is 1. The Hall–Kier alpha value is -2.08. The third-order valence-corrected chi connectivity index (χ3v) is 4.95. The molecule has 0 amide bonds. The first kappa shape index (κ1) is 11.7. The molecule has 1 fully saturated rings. The molecule has 3 heterocycles. The third-order valence-electron chi connectivity index (χ3n) is 3.85. The van der Waals surface area contributed by atoms with E-state index in [4.69, 9.17) is 10.7 Å². The molecule has 1 aliphatic heterocycles. The lowest BCUT2D eigenvalue weighted by molar-refractivity contribution is 0.740. The number of nitrogens with one attached hydrogen (secondary N) is 1. The number of H-pyrrole nitrogens is 1.